The largest absolute Gasteiger partial charge is 0.418 e. The molecule has 1 aliphatic rings. The van der Waals surface area contributed by atoms with Gasteiger partial charge in [0.25, 0.3) is 0 Å². The van der Waals surface area contributed by atoms with Gasteiger partial charge >= 0.3 is 12.4 Å². The predicted octanol–water partition coefficient (Wildman–Crippen LogP) is 4.16. The molecule has 10 nitrogen and oxygen atoms in total. The Morgan fingerprint density at radius 3 is 2.41 bits per heavy atom. The summed E-state index contributed by atoms with van der Waals surface area (Å²) >= 11 is 0. The van der Waals surface area contributed by atoms with Gasteiger partial charge in [0.15, 0.2) is 11.5 Å². The lowest BCUT2D eigenvalue weighted by atomic mass is 10.1. The van der Waals surface area contributed by atoms with E-state index in [2.05, 4.69) is 35.5 Å². The van der Waals surface area contributed by atoms with Gasteiger partial charge in [0.1, 0.15) is 22.7 Å². The number of hydrogen-bond acceptors (Lipinski definition) is 10. The molecule has 5 heterocycles. The van der Waals surface area contributed by atoms with Gasteiger partial charge in [-0.1, -0.05) is 0 Å². The molecule has 2 N–H and O–H groups in total. The number of aromatic nitrogens is 6. The summed E-state index contributed by atoms with van der Waals surface area (Å²) in [6, 6.07) is 4.42. The van der Waals surface area contributed by atoms with Crippen LogP contribution < -0.4 is 10.2 Å². The second-order valence-electron chi connectivity index (χ2n) is 9.21. The summed E-state index contributed by atoms with van der Waals surface area (Å²) in [4.78, 5) is 20.0. The van der Waals surface area contributed by atoms with E-state index in [1.54, 1.807) is 4.90 Å². The van der Waals surface area contributed by atoms with E-state index in [-0.39, 0.29) is 40.8 Å². The zero-order valence-corrected chi connectivity index (χ0v) is 21.3. The molecule has 0 radical (unpaired) electrons. The Bertz CT molecular complexity index is 1510. The summed E-state index contributed by atoms with van der Waals surface area (Å²) in [6.45, 7) is 2.66. The van der Waals surface area contributed by atoms with Gasteiger partial charge in [0.2, 0.25) is 0 Å². The van der Waals surface area contributed by atoms with E-state index in [1.165, 1.54) is 12.3 Å². The smallest absolute Gasteiger partial charge is 0.395 e. The molecule has 0 saturated carbocycles. The van der Waals surface area contributed by atoms with Gasteiger partial charge in [0.05, 0.1) is 29.6 Å². The van der Waals surface area contributed by atoms with Gasteiger partial charge in [-0.05, 0) is 37.2 Å². The minimum absolute atomic E-state index is 0.00211. The molecule has 216 valence electrons. The van der Waals surface area contributed by atoms with Crippen LogP contribution in [-0.2, 0) is 12.4 Å². The van der Waals surface area contributed by atoms with Crippen LogP contribution >= 0.6 is 0 Å². The van der Waals surface area contributed by atoms with Gasteiger partial charge in [-0.2, -0.15) is 26.3 Å². The second-order valence-corrected chi connectivity index (χ2v) is 9.21. The van der Waals surface area contributed by atoms with Crippen molar-refractivity contribution in [2.45, 2.75) is 18.8 Å². The summed E-state index contributed by atoms with van der Waals surface area (Å²) < 4.78 is 81.0. The Morgan fingerprint density at radius 1 is 0.878 bits per heavy atom. The molecular formula is C25H23F6N9O. The number of hydrogen-bond donors (Lipinski definition) is 2. The summed E-state index contributed by atoms with van der Waals surface area (Å²) in [5.74, 6) is 0.166. The number of fused-ring (bicyclic) bond motifs is 1. The number of β-amino-alcohol motifs (C(OH)–C–C–N with tert-alkyl or cyclic N) is 1. The first-order chi connectivity index (χ1) is 19.5. The topological polar surface area (TPSA) is 116 Å². The average Bonchev–Trinajstić information content (AvgIpc) is 3.18. The van der Waals surface area contributed by atoms with Crippen molar-refractivity contribution in [3.8, 4) is 11.4 Å². The van der Waals surface area contributed by atoms with Crippen molar-refractivity contribution in [1.82, 2.24) is 35.0 Å². The lowest BCUT2D eigenvalue weighted by molar-refractivity contribution is -0.138. The Morgan fingerprint density at radius 2 is 1.71 bits per heavy atom. The van der Waals surface area contributed by atoms with E-state index in [4.69, 9.17) is 0 Å². The van der Waals surface area contributed by atoms with Crippen molar-refractivity contribution in [2.75, 3.05) is 49.5 Å². The van der Waals surface area contributed by atoms with E-state index < -0.39 is 29.2 Å². The molecule has 1 saturated heterocycles. The minimum Gasteiger partial charge on any atom is -0.395 e. The van der Waals surface area contributed by atoms with Gasteiger partial charge in [-0.3, -0.25) is 4.90 Å². The molecule has 0 unspecified atom stereocenters. The number of nitrogens with one attached hydrogen (secondary N) is 1. The number of halogens is 6. The molecule has 0 atom stereocenters. The third-order valence-corrected chi connectivity index (χ3v) is 6.46. The molecule has 0 bridgehead atoms. The fourth-order valence-electron chi connectivity index (χ4n) is 4.42. The van der Waals surface area contributed by atoms with Crippen LogP contribution in [0.15, 0.2) is 42.9 Å². The van der Waals surface area contributed by atoms with Crippen molar-refractivity contribution in [1.29, 1.82) is 0 Å². The first-order valence-corrected chi connectivity index (χ1v) is 12.5. The fourth-order valence-corrected chi connectivity index (χ4v) is 4.42. The number of anilines is 3. The molecule has 0 spiro atoms. The molecule has 0 aliphatic carbocycles. The summed E-state index contributed by atoms with van der Waals surface area (Å²) in [5, 5.41) is 20.0. The zero-order chi connectivity index (χ0) is 29.2. The highest BCUT2D eigenvalue weighted by Crippen LogP contribution is 2.37. The van der Waals surface area contributed by atoms with Crippen molar-refractivity contribution < 1.29 is 31.4 Å². The molecule has 16 heteroatoms. The van der Waals surface area contributed by atoms with Crippen molar-refractivity contribution in [3.05, 3.63) is 54.0 Å². The quantitative estimate of drug-likeness (QED) is 0.323. The number of aliphatic hydroxyl groups excluding tert-OH is 1. The minimum atomic E-state index is -4.77. The van der Waals surface area contributed by atoms with Gasteiger partial charge in [0, 0.05) is 38.6 Å². The first-order valence-electron chi connectivity index (χ1n) is 12.5. The third-order valence-electron chi connectivity index (χ3n) is 6.46. The lowest BCUT2D eigenvalue weighted by Gasteiger charge is -2.23. The van der Waals surface area contributed by atoms with Crippen LogP contribution in [0, 0.1) is 0 Å². The maximum atomic E-state index is 14.2. The fraction of sp³-hybridized carbons (Fsp3) is 0.360. The highest BCUT2D eigenvalue weighted by Gasteiger charge is 2.37. The summed E-state index contributed by atoms with van der Waals surface area (Å²) in [5.41, 5.74) is -2.24. The number of rotatable bonds is 6. The van der Waals surface area contributed by atoms with Crippen LogP contribution in [0.25, 0.3) is 22.6 Å². The maximum absolute atomic E-state index is 14.2. The third kappa shape index (κ3) is 6.43. The molecular weight excluding hydrogens is 556 g/mol. The molecule has 0 amide bonds. The molecule has 4 aromatic heterocycles. The van der Waals surface area contributed by atoms with Crippen LogP contribution in [0.1, 0.15) is 17.5 Å². The van der Waals surface area contributed by atoms with Crippen molar-refractivity contribution >= 4 is 28.5 Å². The van der Waals surface area contributed by atoms with Crippen LogP contribution in [-0.4, -0.2) is 79.5 Å². The first kappa shape index (κ1) is 28.4. The normalized spacial score (nSPS) is 15.2. The number of aliphatic hydroxyl groups is 1. The molecule has 0 aromatic carbocycles. The van der Waals surface area contributed by atoms with E-state index in [1.807, 2.05) is 4.90 Å². The Kier molecular flexibility index (Phi) is 7.86. The highest BCUT2D eigenvalue weighted by molar-refractivity contribution is 5.87. The van der Waals surface area contributed by atoms with E-state index in [0.717, 1.165) is 24.4 Å². The van der Waals surface area contributed by atoms with Crippen LogP contribution in [0.3, 0.4) is 0 Å². The summed E-state index contributed by atoms with van der Waals surface area (Å²) in [6.07, 6.45) is -5.52. The second kappa shape index (κ2) is 11.4. The molecule has 1 fully saturated rings. The van der Waals surface area contributed by atoms with E-state index >= 15 is 0 Å². The van der Waals surface area contributed by atoms with Crippen LogP contribution in [0.2, 0.25) is 0 Å². The molecule has 4 aromatic rings. The number of alkyl halides is 6. The Labute approximate surface area is 229 Å². The van der Waals surface area contributed by atoms with E-state index in [9.17, 15) is 31.4 Å². The molecule has 5 rings (SSSR count). The summed E-state index contributed by atoms with van der Waals surface area (Å²) in [7, 11) is 0. The van der Waals surface area contributed by atoms with Crippen LogP contribution in [0.4, 0.5) is 43.7 Å². The molecule has 41 heavy (non-hydrogen) atoms. The Hall–Kier alpha value is -4.18. The lowest BCUT2D eigenvalue weighted by Crippen LogP contribution is -2.33. The predicted molar refractivity (Wildman–Crippen MR) is 136 cm³/mol. The van der Waals surface area contributed by atoms with Gasteiger partial charge in [-0.25, -0.2) is 19.9 Å². The van der Waals surface area contributed by atoms with Crippen molar-refractivity contribution in [2.24, 2.45) is 0 Å². The van der Waals surface area contributed by atoms with Crippen LogP contribution in [0.5, 0.6) is 0 Å². The average molecular weight is 580 g/mol. The monoisotopic (exact) mass is 579 g/mol. The van der Waals surface area contributed by atoms with Crippen molar-refractivity contribution in [3.63, 3.8) is 0 Å². The van der Waals surface area contributed by atoms with Gasteiger partial charge < -0.3 is 15.3 Å². The van der Waals surface area contributed by atoms with E-state index in [0.29, 0.717) is 45.3 Å². The molecule has 1 aliphatic heterocycles. The van der Waals surface area contributed by atoms with Gasteiger partial charge in [-0.15, -0.1) is 10.2 Å². The number of nitrogens with zero attached hydrogens (tertiary/aromatic N) is 8. The zero-order valence-electron chi connectivity index (χ0n) is 21.3. The maximum Gasteiger partial charge on any atom is 0.418 e. The standard InChI is InChI=1S/C25H23F6N9O/c26-24(27,28)15-2-3-19(33-13-15)35-17-4-5-32-23-22(17)34-14-18(36-23)21-16(25(29,30)31)12-20(37-38-21)40-7-1-6-39(8-9-40)10-11-41/h2-5,12-14,41H,1,6-11H2,(H,32,33,35,36). The number of pyridine rings is 2. The SMILES string of the molecule is OCCN1CCCN(c2cc(C(F)(F)F)c(-c3cnc4c(Nc5ccc(C(F)(F)F)cn5)ccnc4n3)nn2)CC1. The highest BCUT2D eigenvalue weighted by atomic mass is 19.4. The Balaban J connectivity index is 1.44.